The van der Waals surface area contributed by atoms with E-state index in [0.717, 1.165) is 13.1 Å². The van der Waals surface area contributed by atoms with Crippen molar-refractivity contribution in [3.63, 3.8) is 0 Å². The standard InChI is InChI=1S/C13H18FN3O2/c1-9-7-17(4-5-19-9)8-13(18)16-12-3-2-10(14)6-11(12)15/h2-3,6,9H,4-5,7-8,15H2,1H3,(H,16,18). The van der Waals surface area contributed by atoms with Gasteiger partial charge in [-0.2, -0.15) is 0 Å². The summed E-state index contributed by atoms with van der Waals surface area (Å²) in [7, 11) is 0. The number of anilines is 2. The van der Waals surface area contributed by atoms with Gasteiger partial charge in [-0.25, -0.2) is 4.39 Å². The fraction of sp³-hybridized carbons (Fsp3) is 0.462. The summed E-state index contributed by atoms with van der Waals surface area (Å²) in [5, 5.41) is 2.69. The highest BCUT2D eigenvalue weighted by molar-refractivity contribution is 5.95. The van der Waals surface area contributed by atoms with Crippen LogP contribution in [0.25, 0.3) is 0 Å². The first-order valence-corrected chi connectivity index (χ1v) is 6.23. The molecule has 5 nitrogen and oxygen atoms in total. The third-order valence-electron chi connectivity index (χ3n) is 2.98. The smallest absolute Gasteiger partial charge is 0.238 e. The second kappa shape index (κ2) is 5.99. The Kier molecular flexibility index (Phi) is 4.34. The molecule has 1 amide bonds. The second-order valence-electron chi connectivity index (χ2n) is 4.70. The van der Waals surface area contributed by atoms with Crippen LogP contribution in [-0.4, -0.2) is 43.2 Å². The van der Waals surface area contributed by atoms with Crippen molar-refractivity contribution in [2.24, 2.45) is 0 Å². The Morgan fingerprint density at radius 2 is 2.42 bits per heavy atom. The average Bonchev–Trinajstić information content (AvgIpc) is 2.33. The van der Waals surface area contributed by atoms with Crippen molar-refractivity contribution in [3.05, 3.63) is 24.0 Å². The van der Waals surface area contributed by atoms with Crippen molar-refractivity contribution < 1.29 is 13.9 Å². The van der Waals surface area contributed by atoms with Crippen molar-refractivity contribution in [3.8, 4) is 0 Å². The summed E-state index contributed by atoms with van der Waals surface area (Å²) in [4.78, 5) is 13.9. The van der Waals surface area contributed by atoms with Gasteiger partial charge in [-0.3, -0.25) is 9.69 Å². The zero-order valence-corrected chi connectivity index (χ0v) is 10.9. The highest BCUT2D eigenvalue weighted by atomic mass is 19.1. The van der Waals surface area contributed by atoms with Gasteiger partial charge >= 0.3 is 0 Å². The van der Waals surface area contributed by atoms with Crippen LogP contribution in [0.15, 0.2) is 18.2 Å². The SMILES string of the molecule is CC1CN(CC(=O)Nc2ccc(F)cc2N)CCO1. The van der Waals surface area contributed by atoms with Gasteiger partial charge in [0.2, 0.25) is 5.91 Å². The van der Waals surface area contributed by atoms with Crippen molar-refractivity contribution in [2.45, 2.75) is 13.0 Å². The molecule has 1 aliphatic heterocycles. The zero-order valence-electron chi connectivity index (χ0n) is 10.9. The van der Waals surface area contributed by atoms with E-state index in [4.69, 9.17) is 10.5 Å². The Balaban J connectivity index is 1.90. The molecule has 3 N–H and O–H groups in total. The molecule has 104 valence electrons. The number of benzene rings is 1. The van der Waals surface area contributed by atoms with E-state index < -0.39 is 5.82 Å². The van der Waals surface area contributed by atoms with Crippen LogP contribution in [0.2, 0.25) is 0 Å². The normalized spacial score (nSPS) is 20.2. The fourth-order valence-electron chi connectivity index (χ4n) is 2.07. The van der Waals surface area contributed by atoms with Crippen LogP contribution in [0.1, 0.15) is 6.92 Å². The number of carbonyl (C=O) groups is 1. The number of ether oxygens (including phenoxy) is 1. The van der Waals surface area contributed by atoms with Gasteiger partial charge in [0.15, 0.2) is 0 Å². The Morgan fingerprint density at radius 1 is 1.63 bits per heavy atom. The molecule has 1 saturated heterocycles. The molecule has 1 unspecified atom stereocenters. The number of nitrogen functional groups attached to an aromatic ring is 1. The molecule has 1 heterocycles. The lowest BCUT2D eigenvalue weighted by Gasteiger charge is -2.30. The van der Waals surface area contributed by atoms with E-state index in [1.807, 2.05) is 11.8 Å². The lowest BCUT2D eigenvalue weighted by molar-refractivity contribution is -0.119. The number of hydrogen-bond acceptors (Lipinski definition) is 4. The summed E-state index contributed by atoms with van der Waals surface area (Å²) < 4.78 is 18.3. The molecule has 0 aromatic heterocycles. The van der Waals surface area contributed by atoms with E-state index in [2.05, 4.69) is 5.32 Å². The number of morpholine rings is 1. The number of amides is 1. The summed E-state index contributed by atoms with van der Waals surface area (Å²) in [6.07, 6.45) is 0.137. The van der Waals surface area contributed by atoms with Gasteiger partial charge in [-0.1, -0.05) is 0 Å². The van der Waals surface area contributed by atoms with Gasteiger partial charge in [-0.05, 0) is 25.1 Å². The first-order chi connectivity index (χ1) is 9.04. The topological polar surface area (TPSA) is 67.6 Å². The summed E-state index contributed by atoms with van der Waals surface area (Å²) in [5.74, 6) is -0.579. The van der Waals surface area contributed by atoms with Crippen molar-refractivity contribution >= 4 is 17.3 Å². The van der Waals surface area contributed by atoms with Crippen LogP contribution in [0, 0.1) is 5.82 Å². The quantitative estimate of drug-likeness (QED) is 0.804. The lowest BCUT2D eigenvalue weighted by Crippen LogP contribution is -2.44. The van der Waals surface area contributed by atoms with Crippen LogP contribution in [0.4, 0.5) is 15.8 Å². The number of halogens is 1. The molecule has 0 radical (unpaired) electrons. The van der Waals surface area contributed by atoms with Crippen molar-refractivity contribution in [1.29, 1.82) is 0 Å². The van der Waals surface area contributed by atoms with Crippen LogP contribution in [0.3, 0.4) is 0 Å². The molecule has 6 heteroatoms. The molecular weight excluding hydrogens is 249 g/mol. The molecule has 1 atom stereocenters. The minimum absolute atomic E-state index is 0.137. The Labute approximate surface area is 111 Å². The zero-order chi connectivity index (χ0) is 13.8. The number of rotatable bonds is 3. The van der Waals surface area contributed by atoms with Gasteiger partial charge in [0.05, 0.1) is 30.6 Å². The molecule has 1 fully saturated rings. The summed E-state index contributed by atoms with van der Waals surface area (Å²) in [5.41, 5.74) is 6.30. The van der Waals surface area contributed by atoms with Crippen LogP contribution < -0.4 is 11.1 Å². The highest BCUT2D eigenvalue weighted by Crippen LogP contribution is 2.19. The van der Waals surface area contributed by atoms with Gasteiger partial charge in [0.1, 0.15) is 5.82 Å². The Bertz CT molecular complexity index is 467. The Hall–Kier alpha value is -1.66. The maximum Gasteiger partial charge on any atom is 0.238 e. The number of nitrogens with zero attached hydrogens (tertiary/aromatic N) is 1. The molecule has 19 heavy (non-hydrogen) atoms. The predicted molar refractivity (Wildman–Crippen MR) is 71.3 cm³/mol. The third kappa shape index (κ3) is 3.90. The molecule has 2 rings (SSSR count). The van der Waals surface area contributed by atoms with Crippen LogP contribution in [0.5, 0.6) is 0 Å². The summed E-state index contributed by atoms with van der Waals surface area (Å²) in [6, 6.07) is 3.92. The number of nitrogens with two attached hydrogens (primary N) is 1. The minimum Gasteiger partial charge on any atom is -0.397 e. The molecule has 0 saturated carbocycles. The molecule has 1 aromatic carbocycles. The number of hydrogen-bond donors (Lipinski definition) is 2. The van der Waals surface area contributed by atoms with Crippen molar-refractivity contribution in [2.75, 3.05) is 37.3 Å². The molecule has 0 aliphatic carbocycles. The molecular formula is C13H18FN3O2. The maximum absolute atomic E-state index is 12.9. The fourth-order valence-corrected chi connectivity index (χ4v) is 2.07. The molecule has 1 aliphatic rings. The van der Waals surface area contributed by atoms with E-state index in [1.165, 1.54) is 18.2 Å². The van der Waals surface area contributed by atoms with E-state index in [1.54, 1.807) is 0 Å². The lowest BCUT2D eigenvalue weighted by atomic mass is 10.2. The maximum atomic E-state index is 12.9. The third-order valence-corrected chi connectivity index (χ3v) is 2.98. The van der Waals surface area contributed by atoms with E-state index in [0.29, 0.717) is 12.3 Å². The van der Waals surface area contributed by atoms with Gasteiger partial charge < -0.3 is 15.8 Å². The van der Waals surface area contributed by atoms with Gasteiger partial charge in [-0.15, -0.1) is 0 Å². The first-order valence-electron chi connectivity index (χ1n) is 6.23. The van der Waals surface area contributed by atoms with Crippen LogP contribution in [-0.2, 0) is 9.53 Å². The second-order valence-corrected chi connectivity index (χ2v) is 4.70. The average molecular weight is 267 g/mol. The monoisotopic (exact) mass is 267 g/mol. The summed E-state index contributed by atoms with van der Waals surface area (Å²) in [6.45, 7) is 4.35. The van der Waals surface area contributed by atoms with Gasteiger partial charge in [0, 0.05) is 13.1 Å². The predicted octanol–water partition coefficient (Wildman–Crippen LogP) is 1.07. The Morgan fingerprint density at radius 3 is 3.11 bits per heavy atom. The largest absolute Gasteiger partial charge is 0.397 e. The van der Waals surface area contributed by atoms with Crippen LogP contribution >= 0.6 is 0 Å². The molecule has 0 spiro atoms. The number of nitrogens with one attached hydrogen (secondary N) is 1. The molecule has 0 bridgehead atoms. The first kappa shape index (κ1) is 13.8. The minimum atomic E-state index is -0.419. The van der Waals surface area contributed by atoms with E-state index >= 15 is 0 Å². The summed E-state index contributed by atoms with van der Waals surface area (Å²) >= 11 is 0. The van der Waals surface area contributed by atoms with Gasteiger partial charge in [0.25, 0.3) is 0 Å². The molecule has 1 aromatic rings. The number of carbonyl (C=O) groups excluding carboxylic acids is 1. The van der Waals surface area contributed by atoms with E-state index in [-0.39, 0.29) is 24.2 Å². The highest BCUT2D eigenvalue weighted by Gasteiger charge is 2.19. The van der Waals surface area contributed by atoms with Crippen molar-refractivity contribution in [1.82, 2.24) is 4.90 Å². The van der Waals surface area contributed by atoms with E-state index in [9.17, 15) is 9.18 Å².